The molecular formula is C27H38N6O4S. The molecule has 0 spiro atoms. The molecule has 3 atom stereocenters. The quantitative estimate of drug-likeness (QED) is 0.447. The van der Waals surface area contributed by atoms with Gasteiger partial charge in [-0.2, -0.15) is 19.6 Å². The Kier molecular flexibility index (Phi) is 8.25. The van der Waals surface area contributed by atoms with Gasteiger partial charge in [0.05, 0.1) is 29.6 Å². The van der Waals surface area contributed by atoms with Gasteiger partial charge < -0.3 is 19.7 Å². The third kappa shape index (κ3) is 6.43. The fourth-order valence-electron chi connectivity index (χ4n) is 4.48. The summed E-state index contributed by atoms with van der Waals surface area (Å²) in [5, 5.41) is 7.98. The molecule has 206 valence electrons. The normalized spacial score (nSPS) is 17.9. The van der Waals surface area contributed by atoms with Crippen LogP contribution in [0.3, 0.4) is 0 Å². The molecule has 4 rings (SSSR count). The topological polar surface area (TPSA) is 111 Å². The lowest BCUT2D eigenvalue weighted by molar-refractivity contribution is 0.00662. The molecule has 1 aliphatic heterocycles. The molecule has 2 aromatic heterocycles. The van der Waals surface area contributed by atoms with E-state index in [1.807, 2.05) is 52.0 Å². The van der Waals surface area contributed by atoms with E-state index in [0.29, 0.717) is 24.7 Å². The van der Waals surface area contributed by atoms with Crippen molar-refractivity contribution < 1.29 is 18.5 Å². The molecule has 0 bridgehead atoms. The van der Waals surface area contributed by atoms with Gasteiger partial charge in [-0.1, -0.05) is 32.0 Å². The van der Waals surface area contributed by atoms with Gasteiger partial charge in [0, 0.05) is 23.3 Å². The minimum Gasteiger partial charge on any atom is -0.458 e. The van der Waals surface area contributed by atoms with E-state index in [1.54, 1.807) is 21.9 Å². The van der Waals surface area contributed by atoms with Crippen molar-refractivity contribution in [2.45, 2.75) is 82.9 Å². The summed E-state index contributed by atoms with van der Waals surface area (Å²) in [5.41, 5.74) is 1.99. The van der Waals surface area contributed by atoms with Gasteiger partial charge in [0.2, 0.25) is 5.95 Å². The van der Waals surface area contributed by atoms with E-state index in [-0.39, 0.29) is 30.2 Å². The maximum absolute atomic E-state index is 12.6. The van der Waals surface area contributed by atoms with Crippen LogP contribution in [0.2, 0.25) is 0 Å². The number of ether oxygens (including phenoxy) is 2. The van der Waals surface area contributed by atoms with Crippen LogP contribution in [-0.4, -0.2) is 65.8 Å². The predicted molar refractivity (Wildman–Crippen MR) is 147 cm³/mol. The van der Waals surface area contributed by atoms with Crippen LogP contribution in [-0.2, 0) is 15.5 Å². The van der Waals surface area contributed by atoms with Gasteiger partial charge in [0.1, 0.15) is 11.7 Å². The van der Waals surface area contributed by atoms with E-state index in [4.69, 9.17) is 14.5 Å². The number of amides is 1. The molecule has 1 N–H and O–H groups in total. The predicted octanol–water partition coefficient (Wildman–Crippen LogP) is 4.94. The summed E-state index contributed by atoms with van der Waals surface area (Å²) in [6.45, 7) is 12.8. The smallest absolute Gasteiger partial charge is 0.410 e. The third-order valence-corrected chi connectivity index (χ3v) is 7.33. The second-order valence-corrected chi connectivity index (χ2v) is 12.3. The largest absolute Gasteiger partial charge is 0.458 e. The minimum atomic E-state index is -1.13. The number of carbonyl (C=O) groups is 1. The summed E-state index contributed by atoms with van der Waals surface area (Å²) in [5.74, 6) is 0.669. The molecule has 1 aliphatic rings. The Morgan fingerprint density at radius 3 is 2.58 bits per heavy atom. The summed E-state index contributed by atoms with van der Waals surface area (Å²) in [6.07, 6.45) is 4.44. The highest BCUT2D eigenvalue weighted by Gasteiger charge is 2.29. The van der Waals surface area contributed by atoms with Gasteiger partial charge in [0.25, 0.3) is 0 Å². The van der Waals surface area contributed by atoms with Gasteiger partial charge in [-0.25, -0.2) is 4.79 Å². The number of fused-ring (bicyclic) bond motifs is 1. The van der Waals surface area contributed by atoms with E-state index in [9.17, 15) is 9.00 Å². The van der Waals surface area contributed by atoms with E-state index >= 15 is 0 Å². The van der Waals surface area contributed by atoms with E-state index < -0.39 is 16.4 Å². The first-order chi connectivity index (χ1) is 17.9. The molecule has 2 unspecified atom stereocenters. The maximum Gasteiger partial charge on any atom is 0.410 e. The number of rotatable bonds is 7. The van der Waals surface area contributed by atoms with Gasteiger partial charge in [-0.3, -0.25) is 4.21 Å². The van der Waals surface area contributed by atoms with Crippen molar-refractivity contribution in [2.24, 2.45) is 0 Å². The highest BCUT2D eigenvalue weighted by Crippen LogP contribution is 2.28. The zero-order valence-corrected chi connectivity index (χ0v) is 24.0. The van der Waals surface area contributed by atoms with Crippen LogP contribution in [0.1, 0.15) is 77.5 Å². The van der Waals surface area contributed by atoms with Crippen molar-refractivity contribution >= 4 is 28.5 Å². The molecule has 1 amide bonds. The molecule has 0 aliphatic carbocycles. The molecule has 0 saturated carbocycles. The number of hydrogen-bond acceptors (Lipinski definition) is 8. The van der Waals surface area contributed by atoms with Crippen molar-refractivity contribution in [3.05, 3.63) is 41.6 Å². The van der Waals surface area contributed by atoms with Crippen LogP contribution in [0.4, 0.5) is 10.7 Å². The van der Waals surface area contributed by atoms with Crippen molar-refractivity contribution in [3.8, 4) is 6.01 Å². The molecule has 38 heavy (non-hydrogen) atoms. The summed E-state index contributed by atoms with van der Waals surface area (Å²) in [7, 11) is -1.13. The zero-order valence-electron chi connectivity index (χ0n) is 23.2. The van der Waals surface area contributed by atoms with Crippen molar-refractivity contribution in [1.82, 2.24) is 24.5 Å². The van der Waals surface area contributed by atoms with Crippen LogP contribution < -0.4 is 10.1 Å². The highest BCUT2D eigenvalue weighted by atomic mass is 32.2. The third-order valence-electron chi connectivity index (χ3n) is 6.34. The number of nitrogens with one attached hydrogen (secondary N) is 1. The molecule has 10 nitrogen and oxygen atoms in total. The summed E-state index contributed by atoms with van der Waals surface area (Å²) in [6, 6.07) is 7.66. The lowest BCUT2D eigenvalue weighted by Gasteiger charge is -2.33. The molecular weight excluding hydrogens is 504 g/mol. The van der Waals surface area contributed by atoms with Crippen molar-refractivity contribution in [1.29, 1.82) is 0 Å². The number of likely N-dealkylation sites (tertiary alicyclic amines) is 1. The molecule has 3 aromatic rings. The Labute approximate surface area is 226 Å². The number of piperidine rings is 1. The van der Waals surface area contributed by atoms with Crippen LogP contribution >= 0.6 is 0 Å². The average Bonchev–Trinajstić information content (AvgIpc) is 3.28. The standard InChI is InChI=1S/C27H38N6O4S/c1-17(2)21-15-28-33-23(21)30-25(36-19-11-10-14-32(16-19)26(34)37-27(4,5)6)31-24(33)29-18(3)20-12-8-9-13-22(20)38(7)35/h8-9,12-13,15,17-19H,10-11,14,16H2,1-7H3,(H,29,30,31)/t18?,19-,38?/m1/s1. The molecule has 11 heteroatoms. The number of anilines is 1. The zero-order chi connectivity index (χ0) is 27.6. The van der Waals surface area contributed by atoms with Crippen LogP contribution in [0.15, 0.2) is 35.4 Å². The molecule has 1 aromatic carbocycles. The van der Waals surface area contributed by atoms with Gasteiger partial charge in [0.15, 0.2) is 5.65 Å². The molecule has 0 radical (unpaired) electrons. The Bertz CT molecular complexity index is 1320. The first-order valence-electron chi connectivity index (χ1n) is 13.0. The molecule has 1 fully saturated rings. The molecule has 3 heterocycles. The summed E-state index contributed by atoms with van der Waals surface area (Å²) in [4.78, 5) is 24.5. The Morgan fingerprint density at radius 2 is 1.89 bits per heavy atom. The van der Waals surface area contributed by atoms with Gasteiger partial charge >= 0.3 is 12.1 Å². The fourth-order valence-corrected chi connectivity index (χ4v) is 5.32. The van der Waals surface area contributed by atoms with E-state index in [2.05, 4.69) is 29.2 Å². The van der Waals surface area contributed by atoms with E-state index in [0.717, 1.165) is 28.9 Å². The van der Waals surface area contributed by atoms with Crippen LogP contribution in [0.25, 0.3) is 5.65 Å². The number of carbonyl (C=O) groups excluding carboxylic acids is 1. The molecule has 1 saturated heterocycles. The van der Waals surface area contributed by atoms with Crippen LogP contribution in [0.5, 0.6) is 6.01 Å². The van der Waals surface area contributed by atoms with Crippen molar-refractivity contribution in [2.75, 3.05) is 24.7 Å². The Balaban J connectivity index is 1.62. The first kappa shape index (κ1) is 27.8. The SMILES string of the molecule is CC(C)c1cnn2c(NC(C)c3ccccc3S(C)=O)nc(O[C@@H]3CCCN(C(=O)OC(C)(C)C)C3)nc12. The van der Waals surface area contributed by atoms with E-state index in [1.165, 1.54) is 0 Å². The lowest BCUT2D eigenvalue weighted by atomic mass is 10.1. The fraction of sp³-hybridized carbons (Fsp3) is 0.556. The first-order valence-corrected chi connectivity index (χ1v) is 14.6. The minimum absolute atomic E-state index is 0.195. The second-order valence-electron chi connectivity index (χ2n) is 11.0. The number of aromatic nitrogens is 4. The number of nitrogens with zero attached hydrogens (tertiary/aromatic N) is 5. The number of benzene rings is 1. The lowest BCUT2D eigenvalue weighted by Crippen LogP contribution is -2.46. The Hall–Kier alpha value is -3.21. The number of hydrogen-bond donors (Lipinski definition) is 1. The van der Waals surface area contributed by atoms with Crippen LogP contribution in [0, 0.1) is 0 Å². The Morgan fingerprint density at radius 1 is 1.16 bits per heavy atom. The summed E-state index contributed by atoms with van der Waals surface area (Å²) < 4.78 is 25.8. The summed E-state index contributed by atoms with van der Waals surface area (Å²) >= 11 is 0. The van der Waals surface area contributed by atoms with Crippen molar-refractivity contribution in [3.63, 3.8) is 0 Å². The average molecular weight is 543 g/mol. The van der Waals surface area contributed by atoms with Gasteiger partial charge in [-0.05, 0) is 58.1 Å². The highest BCUT2D eigenvalue weighted by molar-refractivity contribution is 7.84. The second kappa shape index (κ2) is 11.3. The monoisotopic (exact) mass is 542 g/mol. The van der Waals surface area contributed by atoms with Gasteiger partial charge in [-0.15, -0.1) is 0 Å². The maximum atomic E-state index is 12.6.